The van der Waals surface area contributed by atoms with E-state index in [4.69, 9.17) is 0 Å². The van der Waals surface area contributed by atoms with Crippen LogP contribution in [0.5, 0.6) is 0 Å². The van der Waals surface area contributed by atoms with Gasteiger partial charge in [-0.3, -0.25) is 9.59 Å². The van der Waals surface area contributed by atoms with E-state index in [1.165, 1.54) is 11.1 Å². The molecule has 23 heavy (non-hydrogen) atoms. The maximum Gasteiger partial charge on any atom is 0.251 e. The molecule has 0 fully saturated rings. The van der Waals surface area contributed by atoms with Gasteiger partial charge in [-0.1, -0.05) is 32.0 Å². The number of aromatic nitrogens is 1. The number of H-pyrrole nitrogens is 1. The van der Waals surface area contributed by atoms with Gasteiger partial charge in [0, 0.05) is 29.7 Å². The molecule has 3 rings (SSSR count). The lowest BCUT2D eigenvalue weighted by Gasteiger charge is -2.29. The molecule has 3 heteroatoms. The smallest absolute Gasteiger partial charge is 0.251 e. The van der Waals surface area contributed by atoms with Gasteiger partial charge < -0.3 is 4.98 Å². The lowest BCUT2D eigenvalue weighted by Crippen LogP contribution is -2.31. The maximum absolute atomic E-state index is 12.4. The van der Waals surface area contributed by atoms with Crippen molar-refractivity contribution in [3.8, 4) is 0 Å². The van der Waals surface area contributed by atoms with Gasteiger partial charge in [0.15, 0.2) is 5.78 Å². The van der Waals surface area contributed by atoms with Crippen molar-refractivity contribution < 1.29 is 4.79 Å². The minimum absolute atomic E-state index is 0.0764. The van der Waals surface area contributed by atoms with Crippen molar-refractivity contribution in [2.24, 2.45) is 5.41 Å². The lowest BCUT2D eigenvalue weighted by molar-refractivity contribution is 0.0910. The summed E-state index contributed by atoms with van der Waals surface area (Å²) in [6.45, 7) is 8.27. The van der Waals surface area contributed by atoms with Crippen LogP contribution in [-0.2, 0) is 12.8 Å². The molecule has 3 nitrogen and oxygen atoms in total. The summed E-state index contributed by atoms with van der Waals surface area (Å²) in [6, 6.07) is 8.04. The molecule has 120 valence electrons. The van der Waals surface area contributed by atoms with Crippen LogP contribution in [0.15, 0.2) is 29.1 Å². The third kappa shape index (κ3) is 3.14. The highest BCUT2D eigenvalue weighted by molar-refractivity contribution is 5.98. The van der Waals surface area contributed by atoms with Crippen molar-refractivity contribution >= 4 is 5.78 Å². The van der Waals surface area contributed by atoms with Gasteiger partial charge in [0.1, 0.15) is 0 Å². The van der Waals surface area contributed by atoms with Gasteiger partial charge >= 0.3 is 0 Å². The second-order valence-corrected chi connectivity index (χ2v) is 7.55. The standard InChI is InChI=1S/C20H23NO2/c1-12-5-6-14(7-13(12)2)8-15-9-16-17(21-19(15)23)10-20(3,4)11-18(16)22/h5-7,9H,8,10-11H2,1-4H3,(H,21,23). The van der Waals surface area contributed by atoms with Crippen molar-refractivity contribution in [1.82, 2.24) is 4.98 Å². The molecular formula is C20H23NO2. The molecule has 0 atom stereocenters. The molecule has 0 saturated carbocycles. The minimum atomic E-state index is -0.0807. The summed E-state index contributed by atoms with van der Waals surface area (Å²) in [5.41, 5.74) is 5.56. The number of Topliss-reactive ketones (excluding diaryl/α,β-unsaturated/α-hetero) is 1. The highest BCUT2D eigenvalue weighted by Gasteiger charge is 2.31. The van der Waals surface area contributed by atoms with Crippen LogP contribution in [0, 0.1) is 19.3 Å². The quantitative estimate of drug-likeness (QED) is 0.918. The summed E-state index contributed by atoms with van der Waals surface area (Å²) in [4.78, 5) is 27.7. The fraction of sp³-hybridized carbons (Fsp3) is 0.400. The van der Waals surface area contributed by atoms with Gasteiger partial charge in [-0.05, 0) is 48.4 Å². The van der Waals surface area contributed by atoms with Crippen LogP contribution in [0.2, 0.25) is 0 Å². The normalized spacial score (nSPS) is 16.3. The zero-order chi connectivity index (χ0) is 16.8. The van der Waals surface area contributed by atoms with E-state index in [0.717, 1.165) is 17.7 Å². The van der Waals surface area contributed by atoms with Crippen LogP contribution in [0.1, 0.15) is 58.6 Å². The number of rotatable bonds is 2. The van der Waals surface area contributed by atoms with Gasteiger partial charge in [-0.2, -0.15) is 0 Å². The van der Waals surface area contributed by atoms with Crippen molar-refractivity contribution in [2.75, 3.05) is 0 Å². The largest absolute Gasteiger partial charge is 0.325 e. The molecule has 0 saturated heterocycles. The first kappa shape index (κ1) is 15.7. The predicted molar refractivity (Wildman–Crippen MR) is 92.2 cm³/mol. The third-order valence-corrected chi connectivity index (χ3v) is 4.76. The molecule has 0 spiro atoms. The van der Waals surface area contributed by atoms with E-state index in [1.54, 1.807) is 6.07 Å². The first-order valence-electron chi connectivity index (χ1n) is 8.09. The van der Waals surface area contributed by atoms with E-state index in [9.17, 15) is 9.59 Å². The SMILES string of the molecule is Cc1ccc(Cc2cc3c([nH]c2=O)CC(C)(C)CC3=O)cc1C. The molecule has 0 radical (unpaired) electrons. The first-order chi connectivity index (χ1) is 10.7. The van der Waals surface area contributed by atoms with Crippen molar-refractivity contribution in [1.29, 1.82) is 0 Å². The number of hydrogen-bond donors (Lipinski definition) is 1. The van der Waals surface area contributed by atoms with Gasteiger partial charge in [0.05, 0.1) is 0 Å². The van der Waals surface area contributed by atoms with Crippen LogP contribution in [0.3, 0.4) is 0 Å². The molecule has 1 aliphatic rings. The second-order valence-electron chi connectivity index (χ2n) is 7.55. The zero-order valence-corrected chi connectivity index (χ0v) is 14.2. The Balaban J connectivity index is 1.99. The predicted octanol–water partition coefficient (Wildman–Crippen LogP) is 3.74. The third-order valence-electron chi connectivity index (χ3n) is 4.76. The van der Waals surface area contributed by atoms with E-state index >= 15 is 0 Å². The number of nitrogens with one attached hydrogen (secondary N) is 1. The first-order valence-corrected chi connectivity index (χ1v) is 8.09. The Labute approximate surface area is 136 Å². The van der Waals surface area contributed by atoms with Crippen LogP contribution in [0.4, 0.5) is 0 Å². The van der Waals surface area contributed by atoms with E-state index in [2.05, 4.69) is 44.8 Å². The lowest BCUT2D eigenvalue weighted by atomic mass is 9.75. The highest BCUT2D eigenvalue weighted by atomic mass is 16.1. The van der Waals surface area contributed by atoms with Gasteiger partial charge in [0.2, 0.25) is 0 Å². The minimum Gasteiger partial charge on any atom is -0.325 e. The van der Waals surface area contributed by atoms with E-state index in [0.29, 0.717) is 24.0 Å². The molecule has 1 aliphatic carbocycles. The van der Waals surface area contributed by atoms with E-state index in [1.807, 2.05) is 6.07 Å². The molecule has 1 heterocycles. The number of hydrogen-bond acceptors (Lipinski definition) is 2. The van der Waals surface area contributed by atoms with E-state index < -0.39 is 0 Å². The van der Waals surface area contributed by atoms with Crippen LogP contribution < -0.4 is 5.56 Å². The number of carbonyl (C=O) groups excluding carboxylic acids is 1. The van der Waals surface area contributed by atoms with E-state index in [-0.39, 0.29) is 16.8 Å². The van der Waals surface area contributed by atoms with Crippen molar-refractivity contribution in [3.63, 3.8) is 0 Å². The number of pyridine rings is 1. The number of aryl methyl sites for hydroxylation is 2. The molecule has 0 aliphatic heterocycles. The maximum atomic E-state index is 12.4. The Bertz CT molecular complexity index is 843. The Morgan fingerprint density at radius 3 is 2.48 bits per heavy atom. The summed E-state index contributed by atoms with van der Waals surface area (Å²) >= 11 is 0. The summed E-state index contributed by atoms with van der Waals surface area (Å²) in [6.07, 6.45) is 1.84. The van der Waals surface area contributed by atoms with Crippen LogP contribution in [0.25, 0.3) is 0 Å². The summed E-state index contributed by atoms with van der Waals surface area (Å²) in [5, 5.41) is 0. The molecule has 0 unspecified atom stereocenters. The average Bonchev–Trinajstić information content (AvgIpc) is 2.43. The number of carbonyl (C=O) groups is 1. The Morgan fingerprint density at radius 2 is 1.78 bits per heavy atom. The molecule has 1 N–H and O–H groups in total. The van der Waals surface area contributed by atoms with Crippen LogP contribution >= 0.6 is 0 Å². The summed E-state index contributed by atoms with van der Waals surface area (Å²) in [7, 11) is 0. The summed E-state index contributed by atoms with van der Waals surface area (Å²) < 4.78 is 0. The fourth-order valence-corrected chi connectivity index (χ4v) is 3.34. The molecule has 1 aromatic heterocycles. The number of aromatic amines is 1. The average molecular weight is 309 g/mol. The Hall–Kier alpha value is -2.16. The van der Waals surface area contributed by atoms with Gasteiger partial charge in [-0.15, -0.1) is 0 Å². The number of benzene rings is 1. The monoisotopic (exact) mass is 309 g/mol. The zero-order valence-electron chi connectivity index (χ0n) is 14.2. The Kier molecular flexibility index (Phi) is 3.75. The molecule has 2 aromatic rings. The second kappa shape index (κ2) is 5.48. The number of fused-ring (bicyclic) bond motifs is 1. The van der Waals surface area contributed by atoms with Gasteiger partial charge in [-0.25, -0.2) is 0 Å². The topological polar surface area (TPSA) is 49.9 Å². The highest BCUT2D eigenvalue weighted by Crippen LogP contribution is 2.33. The fourth-order valence-electron chi connectivity index (χ4n) is 3.34. The Morgan fingerprint density at radius 1 is 1.04 bits per heavy atom. The molecular weight excluding hydrogens is 286 g/mol. The van der Waals surface area contributed by atoms with Crippen LogP contribution in [-0.4, -0.2) is 10.8 Å². The molecule has 1 aromatic carbocycles. The molecule has 0 amide bonds. The molecule has 0 bridgehead atoms. The van der Waals surface area contributed by atoms with Crippen molar-refractivity contribution in [3.05, 3.63) is 68.1 Å². The summed E-state index contributed by atoms with van der Waals surface area (Å²) in [5.74, 6) is 0.133. The van der Waals surface area contributed by atoms with Crippen molar-refractivity contribution in [2.45, 2.75) is 47.0 Å². The van der Waals surface area contributed by atoms with Gasteiger partial charge in [0.25, 0.3) is 5.56 Å². The number of ketones is 1.